The quantitative estimate of drug-likeness (QED) is 0.712. The monoisotopic (exact) mass is 239 g/mol. The van der Waals surface area contributed by atoms with Gasteiger partial charge in [0.2, 0.25) is 0 Å². The van der Waals surface area contributed by atoms with E-state index in [1.165, 1.54) is 12.1 Å². The maximum absolute atomic E-state index is 13.2. The number of aliphatic hydroxyl groups excluding tert-OH is 2. The van der Waals surface area contributed by atoms with Crippen LogP contribution in [0.2, 0.25) is 0 Å². The van der Waals surface area contributed by atoms with E-state index >= 15 is 0 Å². The number of hydrogen-bond donors (Lipinski definition) is 3. The Morgan fingerprint density at radius 3 is 2.65 bits per heavy atom. The van der Waals surface area contributed by atoms with Gasteiger partial charge in [0.25, 0.3) is 0 Å². The molecule has 6 heteroatoms. The summed E-state index contributed by atoms with van der Waals surface area (Å²) in [6.07, 6.45) is -3.90. The van der Waals surface area contributed by atoms with Crippen molar-refractivity contribution in [2.45, 2.75) is 18.6 Å². The van der Waals surface area contributed by atoms with Crippen molar-refractivity contribution in [2.24, 2.45) is 0 Å². The van der Waals surface area contributed by atoms with Crippen LogP contribution in [0, 0.1) is 17.1 Å². The highest BCUT2D eigenvalue weighted by Crippen LogP contribution is 2.24. The van der Waals surface area contributed by atoms with Crippen LogP contribution in [0.4, 0.5) is 4.39 Å². The maximum atomic E-state index is 13.2. The Morgan fingerprint density at radius 1 is 1.47 bits per heavy atom. The second-order valence-corrected chi connectivity index (χ2v) is 3.43. The van der Waals surface area contributed by atoms with Gasteiger partial charge in [0.05, 0.1) is 18.1 Å². The SMILES string of the molecule is N#Cc1c(F)cccc1C(O)C(O)CC(=O)O. The number of rotatable bonds is 4. The van der Waals surface area contributed by atoms with Crippen molar-refractivity contribution < 1.29 is 24.5 Å². The largest absolute Gasteiger partial charge is 0.481 e. The zero-order valence-corrected chi connectivity index (χ0v) is 8.67. The average molecular weight is 239 g/mol. The van der Waals surface area contributed by atoms with Gasteiger partial charge in [0, 0.05) is 5.56 Å². The molecule has 1 aromatic carbocycles. The minimum Gasteiger partial charge on any atom is -0.481 e. The zero-order chi connectivity index (χ0) is 13.0. The maximum Gasteiger partial charge on any atom is 0.306 e. The van der Waals surface area contributed by atoms with Crippen LogP contribution in [-0.2, 0) is 4.79 Å². The summed E-state index contributed by atoms with van der Waals surface area (Å²) in [4.78, 5) is 10.4. The van der Waals surface area contributed by atoms with Gasteiger partial charge in [0.15, 0.2) is 0 Å². The molecule has 2 unspecified atom stereocenters. The molecule has 90 valence electrons. The lowest BCUT2D eigenvalue weighted by atomic mass is 9.97. The Labute approximate surface area is 96.4 Å². The summed E-state index contributed by atoms with van der Waals surface area (Å²) in [5, 5.41) is 36.2. The predicted molar refractivity (Wildman–Crippen MR) is 54.3 cm³/mol. The molecule has 17 heavy (non-hydrogen) atoms. The fourth-order valence-electron chi connectivity index (χ4n) is 1.40. The Morgan fingerprint density at radius 2 is 2.12 bits per heavy atom. The summed E-state index contributed by atoms with van der Waals surface area (Å²) < 4.78 is 13.2. The second kappa shape index (κ2) is 5.39. The van der Waals surface area contributed by atoms with Gasteiger partial charge >= 0.3 is 5.97 Å². The Kier molecular flexibility index (Phi) is 4.15. The molecular weight excluding hydrogens is 229 g/mol. The summed E-state index contributed by atoms with van der Waals surface area (Å²) in [6.45, 7) is 0. The summed E-state index contributed by atoms with van der Waals surface area (Å²) in [5.74, 6) is -2.13. The fraction of sp³-hybridized carbons (Fsp3) is 0.273. The standard InChI is InChI=1S/C11H10FNO4/c12-8-3-1-2-6(7(8)5-13)11(17)9(14)4-10(15)16/h1-3,9,11,14,17H,4H2,(H,15,16). The van der Waals surface area contributed by atoms with Crippen LogP contribution in [0.5, 0.6) is 0 Å². The molecule has 0 heterocycles. The number of aliphatic carboxylic acids is 1. The van der Waals surface area contributed by atoms with Crippen LogP contribution in [0.15, 0.2) is 18.2 Å². The molecule has 0 radical (unpaired) electrons. The molecule has 1 rings (SSSR count). The van der Waals surface area contributed by atoms with E-state index in [1.54, 1.807) is 6.07 Å². The number of nitrogens with zero attached hydrogens (tertiary/aromatic N) is 1. The zero-order valence-electron chi connectivity index (χ0n) is 8.67. The predicted octanol–water partition coefficient (Wildman–Crippen LogP) is 0.566. The topological polar surface area (TPSA) is 102 Å². The minimum atomic E-state index is -1.61. The van der Waals surface area contributed by atoms with Crippen LogP contribution in [-0.4, -0.2) is 27.4 Å². The molecular formula is C11H10FNO4. The van der Waals surface area contributed by atoms with Crippen LogP contribution in [0.3, 0.4) is 0 Å². The molecule has 1 aromatic rings. The normalized spacial score (nSPS) is 13.8. The molecule has 0 saturated heterocycles. The summed E-state index contributed by atoms with van der Waals surface area (Å²) in [7, 11) is 0. The molecule has 5 nitrogen and oxygen atoms in total. The summed E-state index contributed by atoms with van der Waals surface area (Å²) in [6, 6.07) is 5.13. The van der Waals surface area contributed by atoms with Gasteiger partial charge in [-0.15, -0.1) is 0 Å². The van der Waals surface area contributed by atoms with E-state index in [9.17, 15) is 19.4 Å². The van der Waals surface area contributed by atoms with E-state index in [-0.39, 0.29) is 5.56 Å². The molecule has 0 aromatic heterocycles. The Hall–Kier alpha value is -1.97. The van der Waals surface area contributed by atoms with Crippen molar-refractivity contribution in [1.29, 1.82) is 5.26 Å². The first kappa shape index (κ1) is 13.1. The molecule has 0 aliphatic heterocycles. The Bertz CT molecular complexity index is 469. The average Bonchev–Trinajstić information content (AvgIpc) is 2.26. The van der Waals surface area contributed by atoms with Crippen LogP contribution < -0.4 is 0 Å². The van der Waals surface area contributed by atoms with Gasteiger partial charge in [-0.3, -0.25) is 4.79 Å². The van der Waals surface area contributed by atoms with Crippen molar-refractivity contribution in [2.75, 3.05) is 0 Å². The molecule has 0 saturated carbocycles. The van der Waals surface area contributed by atoms with Gasteiger partial charge in [-0.1, -0.05) is 12.1 Å². The van der Waals surface area contributed by atoms with Crippen molar-refractivity contribution in [1.82, 2.24) is 0 Å². The number of hydrogen-bond acceptors (Lipinski definition) is 4. The van der Waals surface area contributed by atoms with E-state index in [1.807, 2.05) is 0 Å². The number of carboxylic acid groups (broad SMARTS) is 1. The van der Waals surface area contributed by atoms with Gasteiger partial charge < -0.3 is 15.3 Å². The van der Waals surface area contributed by atoms with Crippen LogP contribution in [0.1, 0.15) is 23.7 Å². The summed E-state index contributed by atoms with van der Waals surface area (Å²) in [5.41, 5.74) is -0.523. The first-order valence-corrected chi connectivity index (χ1v) is 4.73. The smallest absolute Gasteiger partial charge is 0.306 e. The number of benzene rings is 1. The molecule has 0 spiro atoms. The highest BCUT2D eigenvalue weighted by Gasteiger charge is 2.24. The highest BCUT2D eigenvalue weighted by molar-refractivity contribution is 5.67. The van der Waals surface area contributed by atoms with Crippen molar-refractivity contribution >= 4 is 5.97 Å². The van der Waals surface area contributed by atoms with E-state index < -0.39 is 36.0 Å². The number of halogens is 1. The van der Waals surface area contributed by atoms with E-state index in [0.717, 1.165) is 6.07 Å². The van der Waals surface area contributed by atoms with Crippen molar-refractivity contribution in [3.63, 3.8) is 0 Å². The van der Waals surface area contributed by atoms with E-state index in [2.05, 4.69) is 0 Å². The fourth-order valence-corrected chi connectivity index (χ4v) is 1.40. The number of aliphatic hydroxyl groups is 2. The van der Waals surface area contributed by atoms with Crippen molar-refractivity contribution in [3.05, 3.63) is 35.1 Å². The van der Waals surface area contributed by atoms with Gasteiger partial charge in [-0.05, 0) is 6.07 Å². The van der Waals surface area contributed by atoms with Crippen LogP contribution in [0.25, 0.3) is 0 Å². The Balaban J connectivity index is 3.04. The molecule has 0 aliphatic rings. The lowest BCUT2D eigenvalue weighted by molar-refractivity contribution is -0.141. The van der Waals surface area contributed by atoms with Crippen molar-refractivity contribution in [3.8, 4) is 6.07 Å². The third-order valence-electron chi connectivity index (χ3n) is 2.22. The molecule has 2 atom stereocenters. The molecule has 0 amide bonds. The van der Waals surface area contributed by atoms with Gasteiger partial charge in [-0.25, -0.2) is 4.39 Å². The first-order valence-electron chi connectivity index (χ1n) is 4.73. The van der Waals surface area contributed by atoms with Crippen LogP contribution >= 0.6 is 0 Å². The summed E-state index contributed by atoms with van der Waals surface area (Å²) >= 11 is 0. The lowest BCUT2D eigenvalue weighted by Gasteiger charge is -2.17. The van der Waals surface area contributed by atoms with E-state index in [0.29, 0.717) is 0 Å². The lowest BCUT2D eigenvalue weighted by Crippen LogP contribution is -2.22. The number of carboxylic acids is 1. The minimum absolute atomic E-state index is 0.124. The number of nitriles is 1. The molecule has 0 bridgehead atoms. The molecule has 0 aliphatic carbocycles. The third kappa shape index (κ3) is 3.00. The third-order valence-corrected chi connectivity index (χ3v) is 2.22. The van der Waals surface area contributed by atoms with Gasteiger partial charge in [-0.2, -0.15) is 5.26 Å². The highest BCUT2D eigenvalue weighted by atomic mass is 19.1. The first-order chi connectivity index (χ1) is 7.97. The van der Waals surface area contributed by atoms with Gasteiger partial charge in [0.1, 0.15) is 18.0 Å². The number of carbonyl (C=O) groups is 1. The molecule has 0 fully saturated rings. The molecule has 3 N–H and O–H groups in total. The van der Waals surface area contributed by atoms with E-state index in [4.69, 9.17) is 10.4 Å². The second-order valence-electron chi connectivity index (χ2n) is 3.43.